The Hall–Kier alpha value is -1.43. The van der Waals surface area contributed by atoms with E-state index in [1.54, 1.807) is 0 Å². The first-order valence-corrected chi connectivity index (χ1v) is 8.44. The maximum atomic E-state index is 12.3. The third kappa shape index (κ3) is 4.31. The summed E-state index contributed by atoms with van der Waals surface area (Å²) >= 11 is 0. The van der Waals surface area contributed by atoms with Gasteiger partial charge in [-0.1, -0.05) is 30.3 Å². The van der Waals surface area contributed by atoms with E-state index in [-0.39, 0.29) is 24.0 Å². The number of ether oxygens (including phenoxy) is 1. The highest BCUT2D eigenvalue weighted by Gasteiger charge is 2.36. The number of piperidine rings is 1. The monoisotopic (exact) mass is 318 g/mol. The van der Waals surface area contributed by atoms with Crippen molar-refractivity contribution in [2.75, 3.05) is 20.1 Å². The van der Waals surface area contributed by atoms with E-state index in [1.807, 2.05) is 25.2 Å². The van der Waals surface area contributed by atoms with Crippen LogP contribution in [0.15, 0.2) is 30.3 Å². The molecular weight excluding hydrogens is 292 g/mol. The predicted molar refractivity (Wildman–Crippen MR) is 87.8 cm³/mol. The van der Waals surface area contributed by atoms with Crippen molar-refractivity contribution in [1.29, 1.82) is 0 Å². The molecule has 1 aliphatic carbocycles. The number of carbonyl (C=O) groups is 1. The number of nitrogens with zero attached hydrogens (tertiary/aromatic N) is 1. The molecule has 1 aromatic rings. The van der Waals surface area contributed by atoms with Gasteiger partial charge in [-0.15, -0.1) is 0 Å². The molecule has 2 atom stereocenters. The Kier molecular flexibility index (Phi) is 5.30. The third-order valence-electron chi connectivity index (χ3n) is 4.89. The SMILES string of the molecule is CN1CC[C@H](O)[C@H](C(=O)NC2CC(OCc3ccccc3)C2)C1. The minimum atomic E-state index is -0.517. The summed E-state index contributed by atoms with van der Waals surface area (Å²) < 4.78 is 5.85. The first-order valence-electron chi connectivity index (χ1n) is 8.44. The van der Waals surface area contributed by atoms with Crippen molar-refractivity contribution in [2.45, 2.75) is 44.1 Å². The molecule has 3 rings (SSSR count). The van der Waals surface area contributed by atoms with Crippen LogP contribution in [0.1, 0.15) is 24.8 Å². The first kappa shape index (κ1) is 16.4. The molecule has 23 heavy (non-hydrogen) atoms. The molecule has 2 aliphatic rings. The lowest BCUT2D eigenvalue weighted by atomic mass is 9.87. The van der Waals surface area contributed by atoms with Crippen LogP contribution in [0.2, 0.25) is 0 Å². The highest BCUT2D eigenvalue weighted by atomic mass is 16.5. The molecule has 2 N–H and O–H groups in total. The lowest BCUT2D eigenvalue weighted by Crippen LogP contribution is -2.54. The van der Waals surface area contributed by atoms with Gasteiger partial charge in [-0.2, -0.15) is 0 Å². The summed E-state index contributed by atoms with van der Waals surface area (Å²) in [6, 6.07) is 10.3. The van der Waals surface area contributed by atoms with Crippen LogP contribution in [0, 0.1) is 5.92 Å². The van der Waals surface area contributed by atoms with Crippen molar-refractivity contribution in [3.05, 3.63) is 35.9 Å². The maximum absolute atomic E-state index is 12.3. The average Bonchev–Trinajstić information content (AvgIpc) is 2.52. The number of amides is 1. The molecule has 1 aromatic carbocycles. The van der Waals surface area contributed by atoms with Gasteiger partial charge in [-0.3, -0.25) is 4.79 Å². The van der Waals surface area contributed by atoms with Crippen LogP contribution in [0.25, 0.3) is 0 Å². The summed E-state index contributed by atoms with van der Waals surface area (Å²) in [5.41, 5.74) is 1.17. The van der Waals surface area contributed by atoms with Gasteiger partial charge in [0.1, 0.15) is 0 Å². The number of likely N-dealkylation sites (tertiary alicyclic amines) is 1. The Morgan fingerprint density at radius 2 is 2.09 bits per heavy atom. The Bertz CT molecular complexity index is 516. The summed E-state index contributed by atoms with van der Waals surface area (Å²) in [5, 5.41) is 13.1. The minimum absolute atomic E-state index is 0.0180. The van der Waals surface area contributed by atoms with Gasteiger partial charge in [0.2, 0.25) is 5.91 Å². The fraction of sp³-hybridized carbons (Fsp3) is 0.611. The summed E-state index contributed by atoms with van der Waals surface area (Å²) in [7, 11) is 1.99. The van der Waals surface area contributed by atoms with Gasteiger partial charge in [0, 0.05) is 19.1 Å². The van der Waals surface area contributed by atoms with Crippen molar-refractivity contribution < 1.29 is 14.6 Å². The van der Waals surface area contributed by atoms with E-state index in [9.17, 15) is 9.90 Å². The van der Waals surface area contributed by atoms with Gasteiger partial charge in [0.15, 0.2) is 0 Å². The Morgan fingerprint density at radius 3 is 2.83 bits per heavy atom. The fourth-order valence-corrected chi connectivity index (χ4v) is 3.28. The normalized spacial score (nSPS) is 31.4. The Morgan fingerprint density at radius 1 is 1.35 bits per heavy atom. The zero-order valence-corrected chi connectivity index (χ0v) is 13.6. The molecule has 0 spiro atoms. The van der Waals surface area contributed by atoms with Crippen LogP contribution in [0.3, 0.4) is 0 Å². The van der Waals surface area contributed by atoms with E-state index < -0.39 is 6.10 Å². The molecule has 2 fully saturated rings. The molecule has 0 unspecified atom stereocenters. The fourth-order valence-electron chi connectivity index (χ4n) is 3.28. The van der Waals surface area contributed by atoms with Crippen LogP contribution < -0.4 is 5.32 Å². The van der Waals surface area contributed by atoms with E-state index in [4.69, 9.17) is 4.74 Å². The standard InChI is InChI=1S/C18H26N2O3/c1-20-8-7-17(21)16(11-20)18(22)19-14-9-15(10-14)23-12-13-5-3-2-4-6-13/h2-6,14-17,21H,7-12H2,1H3,(H,19,22)/t14?,15?,16-,17+/m1/s1. The molecule has 126 valence electrons. The maximum Gasteiger partial charge on any atom is 0.227 e. The summed E-state index contributed by atoms with van der Waals surface area (Å²) in [6.07, 6.45) is 2.09. The molecule has 0 aromatic heterocycles. The molecule has 0 radical (unpaired) electrons. The van der Waals surface area contributed by atoms with Crippen molar-refractivity contribution in [1.82, 2.24) is 10.2 Å². The highest BCUT2D eigenvalue weighted by molar-refractivity contribution is 5.80. The second-order valence-electron chi connectivity index (χ2n) is 6.82. The predicted octanol–water partition coefficient (Wildman–Crippen LogP) is 1.16. The summed E-state index contributed by atoms with van der Waals surface area (Å²) in [4.78, 5) is 14.4. The van der Waals surface area contributed by atoms with Gasteiger partial charge < -0.3 is 20.1 Å². The molecule has 1 amide bonds. The molecule has 1 saturated carbocycles. The quantitative estimate of drug-likeness (QED) is 0.855. The molecule has 5 heteroatoms. The number of aliphatic hydroxyl groups excluding tert-OH is 1. The van der Waals surface area contributed by atoms with Gasteiger partial charge in [0.25, 0.3) is 0 Å². The van der Waals surface area contributed by atoms with Gasteiger partial charge in [-0.25, -0.2) is 0 Å². The number of carbonyl (C=O) groups excluding carboxylic acids is 1. The van der Waals surface area contributed by atoms with Gasteiger partial charge in [0.05, 0.1) is 24.7 Å². The Balaban J connectivity index is 1.37. The molecular formula is C18H26N2O3. The van der Waals surface area contributed by atoms with Crippen LogP contribution in [0.5, 0.6) is 0 Å². The summed E-state index contributed by atoms with van der Waals surface area (Å²) in [6.45, 7) is 2.11. The number of hydrogen-bond donors (Lipinski definition) is 2. The van der Waals surface area contributed by atoms with Gasteiger partial charge >= 0.3 is 0 Å². The molecule has 5 nitrogen and oxygen atoms in total. The van der Waals surface area contributed by atoms with Crippen LogP contribution in [-0.4, -0.2) is 54.3 Å². The van der Waals surface area contributed by atoms with Crippen molar-refractivity contribution >= 4 is 5.91 Å². The number of hydrogen-bond acceptors (Lipinski definition) is 4. The van der Waals surface area contributed by atoms with E-state index in [0.29, 0.717) is 19.6 Å². The number of aliphatic hydroxyl groups is 1. The van der Waals surface area contributed by atoms with E-state index in [2.05, 4.69) is 22.3 Å². The first-order chi connectivity index (χ1) is 11.1. The largest absolute Gasteiger partial charge is 0.392 e. The molecule has 1 aliphatic heterocycles. The van der Waals surface area contributed by atoms with E-state index in [0.717, 1.165) is 19.4 Å². The van der Waals surface area contributed by atoms with E-state index in [1.165, 1.54) is 5.56 Å². The van der Waals surface area contributed by atoms with Gasteiger partial charge in [-0.05, 0) is 31.9 Å². The summed E-state index contributed by atoms with van der Waals surface area (Å²) in [5.74, 6) is -0.325. The number of benzene rings is 1. The lowest BCUT2D eigenvalue weighted by molar-refractivity contribution is -0.134. The average molecular weight is 318 g/mol. The van der Waals surface area contributed by atoms with Crippen LogP contribution in [0.4, 0.5) is 0 Å². The lowest BCUT2D eigenvalue weighted by Gasteiger charge is -2.38. The van der Waals surface area contributed by atoms with Crippen LogP contribution in [-0.2, 0) is 16.1 Å². The molecule has 0 bridgehead atoms. The van der Waals surface area contributed by atoms with E-state index >= 15 is 0 Å². The van der Waals surface area contributed by atoms with Crippen molar-refractivity contribution in [3.8, 4) is 0 Å². The van der Waals surface area contributed by atoms with Crippen molar-refractivity contribution in [3.63, 3.8) is 0 Å². The number of nitrogens with one attached hydrogen (secondary N) is 1. The number of rotatable bonds is 5. The Labute approximate surface area is 137 Å². The minimum Gasteiger partial charge on any atom is -0.392 e. The topological polar surface area (TPSA) is 61.8 Å². The van der Waals surface area contributed by atoms with Crippen molar-refractivity contribution in [2.24, 2.45) is 5.92 Å². The second kappa shape index (κ2) is 7.43. The molecule has 1 saturated heterocycles. The molecule has 1 heterocycles. The third-order valence-corrected chi connectivity index (χ3v) is 4.89. The zero-order valence-electron chi connectivity index (χ0n) is 13.6. The second-order valence-corrected chi connectivity index (χ2v) is 6.82. The van der Waals surface area contributed by atoms with Crippen LogP contribution >= 0.6 is 0 Å². The smallest absolute Gasteiger partial charge is 0.227 e. The highest BCUT2D eigenvalue weighted by Crippen LogP contribution is 2.25. The zero-order chi connectivity index (χ0) is 16.2.